The Balaban J connectivity index is 1.72. The summed E-state index contributed by atoms with van der Waals surface area (Å²) in [4.78, 5) is 1.33. The van der Waals surface area contributed by atoms with Gasteiger partial charge in [-0.2, -0.15) is 8.78 Å². The lowest BCUT2D eigenvalue weighted by molar-refractivity contribution is -0.0498. The summed E-state index contributed by atoms with van der Waals surface area (Å²) < 4.78 is 29.4. The maximum absolute atomic E-state index is 12.1. The van der Waals surface area contributed by atoms with Gasteiger partial charge in [0.2, 0.25) is 0 Å². The molecule has 0 saturated heterocycles. The van der Waals surface area contributed by atoms with Gasteiger partial charge in [-0.25, -0.2) is 0 Å². The van der Waals surface area contributed by atoms with Crippen molar-refractivity contribution in [3.8, 4) is 5.75 Å². The third-order valence-corrected chi connectivity index (χ3v) is 4.84. The molecule has 0 radical (unpaired) electrons. The second kappa shape index (κ2) is 6.20. The zero-order chi connectivity index (χ0) is 14.8. The van der Waals surface area contributed by atoms with Crippen molar-refractivity contribution in [1.29, 1.82) is 0 Å². The van der Waals surface area contributed by atoms with Gasteiger partial charge in [0.1, 0.15) is 5.75 Å². The topological polar surface area (TPSA) is 21.3 Å². The molecule has 6 heteroatoms. The first-order chi connectivity index (χ1) is 10.1. The third kappa shape index (κ3) is 3.47. The molecule has 0 fully saturated rings. The monoisotopic (exact) mass is 329 g/mol. The predicted octanol–water partition coefficient (Wildman–Crippen LogP) is 5.49. The molecule has 1 aliphatic rings. The van der Waals surface area contributed by atoms with Crippen molar-refractivity contribution in [3.63, 3.8) is 0 Å². The van der Waals surface area contributed by atoms with E-state index in [0.717, 1.165) is 29.3 Å². The Morgan fingerprint density at radius 3 is 2.76 bits per heavy atom. The largest absolute Gasteiger partial charge is 0.435 e. The van der Waals surface area contributed by atoms with E-state index in [4.69, 9.17) is 11.6 Å². The van der Waals surface area contributed by atoms with Gasteiger partial charge in [-0.15, -0.1) is 11.3 Å². The van der Waals surface area contributed by atoms with Crippen LogP contribution in [0.25, 0.3) is 0 Å². The standard InChI is InChI=1S/C15H14ClF2NOS/c16-14-8-11-12(2-1-3-13(11)21-14)19-9-4-6-10(7-5-9)20-15(17)18/h4-8,12,15,19H,1-3H2. The van der Waals surface area contributed by atoms with Crippen LogP contribution in [0.3, 0.4) is 0 Å². The van der Waals surface area contributed by atoms with Gasteiger partial charge in [0.25, 0.3) is 0 Å². The molecule has 1 unspecified atom stereocenters. The van der Waals surface area contributed by atoms with Crippen LogP contribution in [-0.4, -0.2) is 6.61 Å². The van der Waals surface area contributed by atoms with Crippen molar-refractivity contribution >= 4 is 28.6 Å². The Morgan fingerprint density at radius 2 is 2.05 bits per heavy atom. The van der Waals surface area contributed by atoms with E-state index in [1.807, 2.05) is 6.07 Å². The first-order valence-corrected chi connectivity index (χ1v) is 7.91. The number of thiophene rings is 1. The van der Waals surface area contributed by atoms with Gasteiger partial charge in [0, 0.05) is 10.6 Å². The molecule has 1 N–H and O–H groups in total. The second-order valence-electron chi connectivity index (χ2n) is 4.92. The highest BCUT2D eigenvalue weighted by Crippen LogP contribution is 2.39. The number of fused-ring (bicyclic) bond motifs is 1. The number of alkyl halides is 2. The molecule has 0 spiro atoms. The Bertz CT molecular complexity index is 615. The summed E-state index contributed by atoms with van der Waals surface area (Å²) >= 11 is 7.73. The zero-order valence-electron chi connectivity index (χ0n) is 11.1. The maximum Gasteiger partial charge on any atom is 0.387 e. The number of hydrogen-bond acceptors (Lipinski definition) is 3. The van der Waals surface area contributed by atoms with Crippen LogP contribution < -0.4 is 10.1 Å². The number of anilines is 1. The van der Waals surface area contributed by atoms with E-state index in [1.54, 1.807) is 35.6 Å². The zero-order valence-corrected chi connectivity index (χ0v) is 12.7. The third-order valence-electron chi connectivity index (χ3n) is 3.50. The minimum Gasteiger partial charge on any atom is -0.435 e. The Hall–Kier alpha value is -1.33. The second-order valence-corrected chi connectivity index (χ2v) is 6.69. The molecular formula is C15H14ClF2NOS. The fourth-order valence-electron chi connectivity index (χ4n) is 2.61. The van der Waals surface area contributed by atoms with Crippen LogP contribution in [0.1, 0.15) is 29.3 Å². The molecule has 1 heterocycles. The van der Waals surface area contributed by atoms with Crippen molar-refractivity contribution in [2.45, 2.75) is 31.9 Å². The summed E-state index contributed by atoms with van der Waals surface area (Å²) in [5.74, 6) is 0.165. The summed E-state index contributed by atoms with van der Waals surface area (Å²) in [5.41, 5.74) is 2.14. The number of benzene rings is 1. The minimum atomic E-state index is -2.79. The van der Waals surface area contributed by atoms with Crippen LogP contribution >= 0.6 is 22.9 Å². The fourth-order valence-corrected chi connectivity index (χ4v) is 3.99. The molecule has 1 aromatic heterocycles. The molecule has 3 rings (SSSR count). The molecule has 21 heavy (non-hydrogen) atoms. The molecular weight excluding hydrogens is 316 g/mol. The van der Waals surface area contributed by atoms with Crippen molar-refractivity contribution in [2.24, 2.45) is 0 Å². The summed E-state index contributed by atoms with van der Waals surface area (Å²) in [6.45, 7) is -2.79. The van der Waals surface area contributed by atoms with Gasteiger partial charge in [0.15, 0.2) is 0 Å². The number of halogens is 3. The molecule has 0 aliphatic heterocycles. The average molecular weight is 330 g/mol. The van der Waals surface area contributed by atoms with Gasteiger partial charge in [-0.1, -0.05) is 11.6 Å². The fraction of sp³-hybridized carbons (Fsp3) is 0.333. The Morgan fingerprint density at radius 1 is 1.29 bits per heavy atom. The lowest BCUT2D eigenvalue weighted by Crippen LogP contribution is -2.15. The van der Waals surface area contributed by atoms with Crippen LogP contribution in [0, 0.1) is 0 Å². The van der Waals surface area contributed by atoms with Crippen molar-refractivity contribution in [2.75, 3.05) is 5.32 Å². The van der Waals surface area contributed by atoms with E-state index in [1.165, 1.54) is 10.4 Å². The van der Waals surface area contributed by atoms with E-state index in [2.05, 4.69) is 10.1 Å². The summed E-state index contributed by atoms with van der Waals surface area (Å²) in [6.07, 6.45) is 3.23. The van der Waals surface area contributed by atoms with E-state index in [9.17, 15) is 8.78 Å². The van der Waals surface area contributed by atoms with E-state index >= 15 is 0 Å². The molecule has 0 bridgehead atoms. The average Bonchev–Trinajstić information content (AvgIpc) is 2.82. The highest BCUT2D eigenvalue weighted by molar-refractivity contribution is 7.16. The van der Waals surface area contributed by atoms with Gasteiger partial charge in [0.05, 0.1) is 10.4 Å². The maximum atomic E-state index is 12.1. The molecule has 0 amide bonds. The predicted molar refractivity (Wildman–Crippen MR) is 81.7 cm³/mol. The van der Waals surface area contributed by atoms with Crippen LogP contribution in [0.4, 0.5) is 14.5 Å². The molecule has 1 atom stereocenters. The Kier molecular flexibility index (Phi) is 4.31. The van der Waals surface area contributed by atoms with Crippen LogP contribution in [0.15, 0.2) is 30.3 Å². The molecule has 2 nitrogen and oxygen atoms in total. The van der Waals surface area contributed by atoms with Crippen LogP contribution in [-0.2, 0) is 6.42 Å². The van der Waals surface area contributed by atoms with Crippen LogP contribution in [0.5, 0.6) is 5.75 Å². The van der Waals surface area contributed by atoms with Gasteiger partial charge in [-0.05, 0) is 55.2 Å². The van der Waals surface area contributed by atoms with Gasteiger partial charge in [-0.3, -0.25) is 0 Å². The molecule has 1 aromatic carbocycles. The SMILES string of the molecule is FC(F)Oc1ccc(NC2CCCc3sc(Cl)cc32)cc1. The lowest BCUT2D eigenvalue weighted by atomic mass is 9.94. The van der Waals surface area contributed by atoms with E-state index in [0.29, 0.717) is 0 Å². The number of hydrogen-bond donors (Lipinski definition) is 1. The molecule has 2 aromatic rings. The highest BCUT2D eigenvalue weighted by atomic mass is 35.5. The first-order valence-electron chi connectivity index (χ1n) is 6.71. The van der Waals surface area contributed by atoms with E-state index < -0.39 is 6.61 Å². The van der Waals surface area contributed by atoms with Crippen LogP contribution in [0.2, 0.25) is 4.34 Å². The van der Waals surface area contributed by atoms with Gasteiger partial charge < -0.3 is 10.1 Å². The quantitative estimate of drug-likeness (QED) is 0.800. The summed E-state index contributed by atoms with van der Waals surface area (Å²) in [7, 11) is 0. The molecule has 112 valence electrons. The number of nitrogens with one attached hydrogen (secondary N) is 1. The normalized spacial score (nSPS) is 17.6. The number of aryl methyl sites for hydroxylation is 1. The smallest absolute Gasteiger partial charge is 0.387 e. The summed E-state index contributed by atoms with van der Waals surface area (Å²) in [6, 6.07) is 8.82. The minimum absolute atomic E-state index is 0.165. The summed E-state index contributed by atoms with van der Waals surface area (Å²) in [5, 5.41) is 3.44. The molecule has 1 aliphatic carbocycles. The molecule has 0 saturated carbocycles. The Labute approximate surface area is 130 Å². The van der Waals surface area contributed by atoms with Crippen molar-refractivity contribution in [1.82, 2.24) is 0 Å². The number of rotatable bonds is 4. The first kappa shape index (κ1) is 14.6. The number of ether oxygens (including phenoxy) is 1. The van der Waals surface area contributed by atoms with Gasteiger partial charge >= 0.3 is 6.61 Å². The van der Waals surface area contributed by atoms with Crippen molar-refractivity contribution in [3.05, 3.63) is 45.1 Å². The lowest BCUT2D eigenvalue weighted by Gasteiger charge is -2.24. The van der Waals surface area contributed by atoms with Crippen molar-refractivity contribution < 1.29 is 13.5 Å². The highest BCUT2D eigenvalue weighted by Gasteiger charge is 2.22. The van der Waals surface area contributed by atoms with E-state index in [-0.39, 0.29) is 11.8 Å².